The number of aryl methyl sites for hydroxylation is 1. The highest BCUT2D eigenvalue weighted by Gasteiger charge is 2.14. The molecule has 0 atom stereocenters. The fraction of sp³-hybridized carbons (Fsp3) is 0.261. The fourth-order valence-corrected chi connectivity index (χ4v) is 3.02. The lowest BCUT2D eigenvalue weighted by Crippen LogP contribution is -2.22. The van der Waals surface area contributed by atoms with E-state index in [0.717, 1.165) is 30.0 Å². The molecule has 1 amide bonds. The summed E-state index contributed by atoms with van der Waals surface area (Å²) in [5.41, 5.74) is 2.85. The maximum Gasteiger partial charge on any atom is 0.291 e. The van der Waals surface area contributed by atoms with Gasteiger partial charge in [0.25, 0.3) is 5.91 Å². The van der Waals surface area contributed by atoms with Crippen molar-refractivity contribution < 1.29 is 18.3 Å². The van der Waals surface area contributed by atoms with Crippen molar-refractivity contribution in [2.24, 2.45) is 0 Å². The summed E-state index contributed by atoms with van der Waals surface area (Å²) < 4.78 is 24.0. The molecule has 0 saturated heterocycles. The number of nitrogens with zero attached hydrogens (tertiary/aromatic N) is 1. The van der Waals surface area contributed by atoms with Crippen molar-refractivity contribution in [3.63, 3.8) is 0 Å². The van der Waals surface area contributed by atoms with E-state index in [-0.39, 0.29) is 24.1 Å². The molecule has 0 bridgehead atoms. The third kappa shape index (κ3) is 5.16. The Kier molecular flexibility index (Phi) is 6.54. The second-order valence-electron chi connectivity index (χ2n) is 6.63. The van der Waals surface area contributed by atoms with Gasteiger partial charge in [0.1, 0.15) is 23.9 Å². The van der Waals surface area contributed by atoms with E-state index in [9.17, 15) is 9.18 Å². The molecule has 1 aromatic heterocycles. The Hall–Kier alpha value is -3.28. The summed E-state index contributed by atoms with van der Waals surface area (Å²) in [4.78, 5) is 14.8. The van der Waals surface area contributed by atoms with Gasteiger partial charge in [-0.15, -0.1) is 0 Å². The van der Waals surface area contributed by atoms with Crippen LogP contribution in [0, 0.1) is 12.7 Å². The van der Waals surface area contributed by atoms with Crippen molar-refractivity contribution in [2.75, 3.05) is 23.3 Å². The molecule has 29 heavy (non-hydrogen) atoms. The van der Waals surface area contributed by atoms with Gasteiger partial charge in [-0.25, -0.2) is 4.39 Å². The number of nitrogens with one attached hydrogen (secondary N) is 1. The van der Waals surface area contributed by atoms with Gasteiger partial charge in [-0.3, -0.25) is 4.79 Å². The molecule has 152 valence electrons. The summed E-state index contributed by atoms with van der Waals surface area (Å²) in [6, 6.07) is 15.0. The van der Waals surface area contributed by atoms with E-state index in [1.165, 1.54) is 24.3 Å². The lowest BCUT2D eigenvalue weighted by atomic mass is 10.1. The van der Waals surface area contributed by atoms with Gasteiger partial charge in [-0.05, 0) is 80.9 Å². The van der Waals surface area contributed by atoms with E-state index in [2.05, 4.69) is 30.1 Å². The number of hydrogen-bond donors (Lipinski definition) is 1. The number of furan rings is 1. The Morgan fingerprint density at radius 1 is 1.07 bits per heavy atom. The molecule has 3 rings (SSSR count). The molecule has 0 spiro atoms. The average Bonchev–Trinajstić information content (AvgIpc) is 3.20. The Labute approximate surface area is 170 Å². The van der Waals surface area contributed by atoms with Crippen LogP contribution in [0.2, 0.25) is 0 Å². The highest BCUT2D eigenvalue weighted by molar-refractivity contribution is 6.02. The zero-order valence-electron chi connectivity index (χ0n) is 16.9. The van der Waals surface area contributed by atoms with Crippen LogP contribution >= 0.6 is 0 Å². The largest absolute Gasteiger partial charge is 0.486 e. The Balaban J connectivity index is 1.62. The van der Waals surface area contributed by atoms with Gasteiger partial charge in [0.2, 0.25) is 0 Å². The minimum Gasteiger partial charge on any atom is -0.486 e. The normalized spacial score (nSPS) is 10.6. The molecule has 0 radical (unpaired) electrons. The molecular weight excluding hydrogens is 371 g/mol. The fourth-order valence-electron chi connectivity index (χ4n) is 3.02. The summed E-state index contributed by atoms with van der Waals surface area (Å²) in [7, 11) is 0. The minimum absolute atomic E-state index is 0.149. The van der Waals surface area contributed by atoms with E-state index < -0.39 is 0 Å². The maximum absolute atomic E-state index is 12.9. The maximum atomic E-state index is 12.9. The van der Waals surface area contributed by atoms with Crippen molar-refractivity contribution in [2.45, 2.75) is 27.4 Å². The molecule has 0 fully saturated rings. The molecule has 0 aliphatic rings. The van der Waals surface area contributed by atoms with Crippen molar-refractivity contribution in [1.82, 2.24) is 0 Å². The van der Waals surface area contributed by atoms with E-state index in [1.807, 2.05) is 19.1 Å². The van der Waals surface area contributed by atoms with Crippen LogP contribution in [0.25, 0.3) is 0 Å². The monoisotopic (exact) mass is 396 g/mol. The lowest BCUT2D eigenvalue weighted by Gasteiger charge is -2.22. The van der Waals surface area contributed by atoms with E-state index >= 15 is 0 Å². The Morgan fingerprint density at radius 3 is 2.45 bits per heavy atom. The number of rotatable bonds is 8. The first-order valence-electron chi connectivity index (χ1n) is 9.64. The minimum atomic E-state index is -0.324. The van der Waals surface area contributed by atoms with Gasteiger partial charge in [-0.1, -0.05) is 0 Å². The van der Waals surface area contributed by atoms with Gasteiger partial charge in [-0.2, -0.15) is 0 Å². The van der Waals surface area contributed by atoms with Crippen LogP contribution in [-0.4, -0.2) is 19.0 Å². The summed E-state index contributed by atoms with van der Waals surface area (Å²) in [5.74, 6) is 0.590. The van der Waals surface area contributed by atoms with Crippen LogP contribution in [-0.2, 0) is 6.61 Å². The van der Waals surface area contributed by atoms with Crippen LogP contribution < -0.4 is 15.0 Å². The van der Waals surface area contributed by atoms with Crippen LogP contribution in [0.15, 0.2) is 59.0 Å². The van der Waals surface area contributed by atoms with Crippen LogP contribution in [0.4, 0.5) is 15.8 Å². The third-order valence-electron chi connectivity index (χ3n) is 4.67. The van der Waals surface area contributed by atoms with Gasteiger partial charge in [0.15, 0.2) is 5.76 Å². The number of halogens is 1. The zero-order valence-corrected chi connectivity index (χ0v) is 16.9. The van der Waals surface area contributed by atoms with Gasteiger partial charge < -0.3 is 19.4 Å². The van der Waals surface area contributed by atoms with Gasteiger partial charge in [0.05, 0.1) is 0 Å². The topological polar surface area (TPSA) is 54.7 Å². The SMILES string of the molecule is CCN(CC)c1ccc(NC(=O)c2ccc(COc3ccc(F)cc3)o2)c(C)c1. The van der Waals surface area contributed by atoms with Gasteiger partial charge in [0, 0.05) is 24.5 Å². The standard InChI is InChI=1S/C23H25FN2O3/c1-4-26(5-2)18-8-12-21(16(3)14-18)25-23(27)22-13-11-20(29-22)15-28-19-9-6-17(24)7-10-19/h6-14H,4-5,15H2,1-3H3,(H,25,27). The molecule has 0 aliphatic carbocycles. The van der Waals surface area contributed by atoms with E-state index in [4.69, 9.17) is 9.15 Å². The van der Waals surface area contributed by atoms with Gasteiger partial charge >= 0.3 is 0 Å². The number of carbonyl (C=O) groups excluding carboxylic acids is 1. The number of hydrogen-bond acceptors (Lipinski definition) is 4. The van der Waals surface area contributed by atoms with Crippen LogP contribution in [0.5, 0.6) is 5.75 Å². The molecule has 3 aromatic rings. The molecule has 0 aliphatic heterocycles. The number of benzene rings is 2. The third-order valence-corrected chi connectivity index (χ3v) is 4.67. The Bertz CT molecular complexity index is 963. The van der Waals surface area contributed by atoms with Crippen molar-refractivity contribution >= 4 is 17.3 Å². The Morgan fingerprint density at radius 2 is 1.79 bits per heavy atom. The second kappa shape index (κ2) is 9.28. The van der Waals surface area contributed by atoms with Crippen molar-refractivity contribution in [3.05, 3.63) is 77.5 Å². The highest BCUT2D eigenvalue weighted by Crippen LogP contribution is 2.23. The number of amides is 1. The molecular formula is C23H25FN2O3. The first-order chi connectivity index (χ1) is 14.0. The number of anilines is 2. The second-order valence-corrected chi connectivity index (χ2v) is 6.63. The molecule has 1 heterocycles. The zero-order chi connectivity index (χ0) is 20.8. The first-order valence-corrected chi connectivity index (χ1v) is 9.64. The summed E-state index contributed by atoms with van der Waals surface area (Å²) >= 11 is 0. The van der Waals surface area contributed by atoms with Crippen molar-refractivity contribution in [3.8, 4) is 5.75 Å². The smallest absolute Gasteiger partial charge is 0.291 e. The molecule has 5 nitrogen and oxygen atoms in total. The average molecular weight is 396 g/mol. The van der Waals surface area contributed by atoms with Crippen molar-refractivity contribution in [1.29, 1.82) is 0 Å². The predicted octanol–water partition coefficient (Wildman–Crippen LogP) is 5.40. The summed E-state index contributed by atoms with van der Waals surface area (Å²) in [6.07, 6.45) is 0. The first kappa shape index (κ1) is 20.5. The van der Waals surface area contributed by atoms with Crippen LogP contribution in [0.1, 0.15) is 35.7 Å². The molecule has 2 aromatic carbocycles. The van der Waals surface area contributed by atoms with E-state index in [0.29, 0.717) is 11.5 Å². The van der Waals surface area contributed by atoms with Crippen LogP contribution in [0.3, 0.4) is 0 Å². The highest BCUT2D eigenvalue weighted by atomic mass is 19.1. The number of carbonyl (C=O) groups is 1. The summed E-state index contributed by atoms with van der Waals surface area (Å²) in [5, 5.41) is 2.89. The van der Waals surface area contributed by atoms with E-state index in [1.54, 1.807) is 12.1 Å². The number of ether oxygens (including phenoxy) is 1. The molecule has 0 saturated carbocycles. The summed E-state index contributed by atoms with van der Waals surface area (Å²) in [6.45, 7) is 8.20. The predicted molar refractivity (Wildman–Crippen MR) is 112 cm³/mol. The lowest BCUT2D eigenvalue weighted by molar-refractivity contribution is 0.0992. The quantitative estimate of drug-likeness (QED) is 0.554. The molecule has 1 N–H and O–H groups in total. The molecule has 0 unspecified atom stereocenters. The molecule has 6 heteroatoms.